The number of hydrogen-bond donors (Lipinski definition) is 2. The smallest absolute Gasteiger partial charge is 0.278 e. The Balaban J connectivity index is 1.99. The number of anilines is 2. The van der Waals surface area contributed by atoms with Crippen molar-refractivity contribution in [2.24, 2.45) is 0 Å². The summed E-state index contributed by atoms with van der Waals surface area (Å²) in [5.74, 6) is -0.369. The summed E-state index contributed by atoms with van der Waals surface area (Å²) < 4.78 is 10.6. The Labute approximate surface area is 180 Å². The quantitative estimate of drug-likeness (QED) is 0.602. The zero-order chi connectivity index (χ0) is 22.4. The van der Waals surface area contributed by atoms with Crippen LogP contribution in [-0.4, -0.2) is 49.5 Å². The second-order valence-corrected chi connectivity index (χ2v) is 6.85. The maximum absolute atomic E-state index is 13.1. The van der Waals surface area contributed by atoms with E-state index in [2.05, 4.69) is 10.6 Å². The molecule has 0 atom stereocenters. The molecule has 1 aliphatic rings. The minimum Gasteiger partial charge on any atom is -0.494 e. The second-order valence-electron chi connectivity index (χ2n) is 6.85. The highest BCUT2D eigenvalue weighted by atomic mass is 16.5. The third kappa shape index (κ3) is 5.10. The van der Waals surface area contributed by atoms with E-state index in [1.165, 1.54) is 14.0 Å². The first kappa shape index (κ1) is 22.0. The summed E-state index contributed by atoms with van der Waals surface area (Å²) in [7, 11) is 1.51. The summed E-state index contributed by atoms with van der Waals surface area (Å²) in [6.07, 6.45) is 0. The van der Waals surface area contributed by atoms with Gasteiger partial charge in [0.2, 0.25) is 5.91 Å². The van der Waals surface area contributed by atoms with Crippen LogP contribution in [0, 0.1) is 0 Å². The fourth-order valence-electron chi connectivity index (χ4n) is 3.24. The SMILES string of the molecule is CCOc1cccc(NC2=C(c3ccc(NC(C)=O)cc3)C(=O)N(CCOC)C2=O)c1. The van der Waals surface area contributed by atoms with Gasteiger partial charge in [0.15, 0.2) is 0 Å². The Morgan fingerprint density at radius 1 is 1.03 bits per heavy atom. The number of nitrogens with zero attached hydrogens (tertiary/aromatic N) is 1. The predicted molar refractivity (Wildman–Crippen MR) is 117 cm³/mol. The predicted octanol–water partition coefficient (Wildman–Crippen LogP) is 2.88. The molecule has 2 N–H and O–H groups in total. The number of carbonyl (C=O) groups is 3. The van der Waals surface area contributed by atoms with Crippen molar-refractivity contribution in [3.63, 3.8) is 0 Å². The lowest BCUT2D eigenvalue weighted by atomic mass is 10.0. The average molecular weight is 423 g/mol. The molecule has 0 saturated carbocycles. The van der Waals surface area contributed by atoms with Crippen LogP contribution in [0.1, 0.15) is 19.4 Å². The largest absolute Gasteiger partial charge is 0.494 e. The second kappa shape index (κ2) is 9.90. The van der Waals surface area contributed by atoms with Crippen molar-refractivity contribution in [2.45, 2.75) is 13.8 Å². The zero-order valence-electron chi connectivity index (χ0n) is 17.7. The molecular weight excluding hydrogens is 398 g/mol. The first-order valence-electron chi connectivity index (χ1n) is 9.92. The molecule has 0 fully saturated rings. The number of carbonyl (C=O) groups excluding carboxylic acids is 3. The van der Waals surface area contributed by atoms with Crippen LogP contribution in [0.3, 0.4) is 0 Å². The van der Waals surface area contributed by atoms with E-state index < -0.39 is 11.8 Å². The van der Waals surface area contributed by atoms with Gasteiger partial charge in [0, 0.05) is 31.5 Å². The van der Waals surface area contributed by atoms with E-state index >= 15 is 0 Å². The molecule has 3 rings (SSSR count). The molecule has 2 aromatic carbocycles. The average Bonchev–Trinajstić information content (AvgIpc) is 2.97. The van der Waals surface area contributed by atoms with Gasteiger partial charge < -0.3 is 20.1 Å². The number of methoxy groups -OCH3 is 1. The lowest BCUT2D eigenvalue weighted by Crippen LogP contribution is -2.35. The van der Waals surface area contributed by atoms with Crippen LogP contribution in [0.15, 0.2) is 54.2 Å². The van der Waals surface area contributed by atoms with Crippen molar-refractivity contribution < 1.29 is 23.9 Å². The molecule has 1 heterocycles. The minimum atomic E-state index is -0.426. The fourth-order valence-corrected chi connectivity index (χ4v) is 3.24. The van der Waals surface area contributed by atoms with Crippen molar-refractivity contribution in [3.8, 4) is 5.75 Å². The van der Waals surface area contributed by atoms with Gasteiger partial charge in [-0.05, 0) is 36.8 Å². The van der Waals surface area contributed by atoms with Crippen LogP contribution in [0.25, 0.3) is 5.57 Å². The molecule has 3 amide bonds. The van der Waals surface area contributed by atoms with Crippen LogP contribution in [0.4, 0.5) is 11.4 Å². The molecule has 8 nitrogen and oxygen atoms in total. The normalized spacial score (nSPS) is 13.6. The lowest BCUT2D eigenvalue weighted by molar-refractivity contribution is -0.137. The van der Waals surface area contributed by atoms with E-state index in [1.807, 2.05) is 13.0 Å². The number of benzene rings is 2. The summed E-state index contributed by atoms with van der Waals surface area (Å²) >= 11 is 0. The van der Waals surface area contributed by atoms with E-state index in [4.69, 9.17) is 9.47 Å². The lowest BCUT2D eigenvalue weighted by Gasteiger charge is -2.14. The molecule has 0 saturated heterocycles. The number of hydrogen-bond acceptors (Lipinski definition) is 6. The highest BCUT2D eigenvalue weighted by molar-refractivity contribution is 6.36. The number of rotatable bonds is 9. The fraction of sp³-hybridized carbons (Fsp3) is 0.261. The zero-order valence-corrected chi connectivity index (χ0v) is 17.7. The molecule has 1 aliphatic heterocycles. The highest BCUT2D eigenvalue weighted by Crippen LogP contribution is 2.31. The van der Waals surface area contributed by atoms with Gasteiger partial charge in [0.25, 0.3) is 11.8 Å². The van der Waals surface area contributed by atoms with Crippen molar-refractivity contribution in [1.29, 1.82) is 0 Å². The standard InChI is InChI=1S/C23H25N3O5/c1-4-31-19-7-5-6-18(14-19)25-21-20(22(28)26(23(21)29)12-13-30-3)16-8-10-17(11-9-16)24-15(2)27/h5-11,14,25H,4,12-13H2,1-3H3,(H,24,27). The van der Waals surface area contributed by atoms with Crippen LogP contribution in [0.5, 0.6) is 5.75 Å². The molecule has 2 aromatic rings. The Bertz CT molecular complexity index is 1010. The van der Waals surface area contributed by atoms with Gasteiger partial charge >= 0.3 is 0 Å². The molecule has 0 bridgehead atoms. The number of nitrogens with one attached hydrogen (secondary N) is 2. The maximum Gasteiger partial charge on any atom is 0.278 e. The molecule has 31 heavy (non-hydrogen) atoms. The molecule has 0 unspecified atom stereocenters. The van der Waals surface area contributed by atoms with Gasteiger partial charge in [-0.25, -0.2) is 0 Å². The van der Waals surface area contributed by atoms with E-state index in [0.29, 0.717) is 29.3 Å². The van der Waals surface area contributed by atoms with Crippen LogP contribution < -0.4 is 15.4 Å². The van der Waals surface area contributed by atoms with Gasteiger partial charge in [-0.1, -0.05) is 18.2 Å². The van der Waals surface area contributed by atoms with Crippen LogP contribution in [-0.2, 0) is 19.1 Å². The van der Waals surface area contributed by atoms with Crippen molar-refractivity contribution in [1.82, 2.24) is 4.90 Å². The summed E-state index contributed by atoms with van der Waals surface area (Å²) in [6.45, 7) is 4.20. The molecule has 8 heteroatoms. The van der Waals surface area contributed by atoms with E-state index in [9.17, 15) is 14.4 Å². The maximum atomic E-state index is 13.1. The summed E-state index contributed by atoms with van der Waals surface area (Å²) in [6, 6.07) is 14.0. The van der Waals surface area contributed by atoms with Gasteiger partial charge in [0.1, 0.15) is 11.4 Å². The Hall–Kier alpha value is -3.65. The monoisotopic (exact) mass is 423 g/mol. The van der Waals surface area contributed by atoms with Gasteiger partial charge in [-0.15, -0.1) is 0 Å². The Morgan fingerprint density at radius 3 is 2.42 bits per heavy atom. The molecular formula is C23H25N3O5. The topological polar surface area (TPSA) is 97.0 Å². The molecule has 0 aliphatic carbocycles. The van der Waals surface area contributed by atoms with Crippen molar-refractivity contribution >= 4 is 34.7 Å². The van der Waals surface area contributed by atoms with E-state index in [-0.39, 0.29) is 30.3 Å². The van der Waals surface area contributed by atoms with Gasteiger partial charge in [-0.2, -0.15) is 0 Å². The van der Waals surface area contributed by atoms with Gasteiger partial charge in [-0.3, -0.25) is 19.3 Å². The van der Waals surface area contributed by atoms with Gasteiger partial charge in [0.05, 0.1) is 25.3 Å². The third-order valence-corrected chi connectivity index (χ3v) is 4.60. The minimum absolute atomic E-state index is 0.145. The molecule has 0 radical (unpaired) electrons. The van der Waals surface area contributed by atoms with Crippen LogP contribution >= 0.6 is 0 Å². The van der Waals surface area contributed by atoms with Crippen LogP contribution in [0.2, 0.25) is 0 Å². The number of imide groups is 1. The number of ether oxygens (including phenoxy) is 2. The Morgan fingerprint density at radius 2 is 1.77 bits per heavy atom. The van der Waals surface area contributed by atoms with Crippen molar-refractivity contribution in [2.75, 3.05) is 37.5 Å². The van der Waals surface area contributed by atoms with E-state index in [0.717, 1.165) is 4.90 Å². The summed E-state index contributed by atoms with van der Waals surface area (Å²) in [5.41, 5.74) is 2.24. The molecule has 0 spiro atoms. The summed E-state index contributed by atoms with van der Waals surface area (Å²) in [5, 5.41) is 5.78. The first-order valence-corrected chi connectivity index (χ1v) is 9.92. The van der Waals surface area contributed by atoms with Crippen molar-refractivity contribution in [3.05, 3.63) is 59.8 Å². The highest BCUT2D eigenvalue weighted by Gasteiger charge is 2.39. The van der Waals surface area contributed by atoms with E-state index in [1.54, 1.807) is 42.5 Å². The Kier molecular flexibility index (Phi) is 7.04. The third-order valence-electron chi connectivity index (χ3n) is 4.60. The summed E-state index contributed by atoms with van der Waals surface area (Å²) in [4.78, 5) is 38.6. The first-order chi connectivity index (χ1) is 14.9. The molecule has 162 valence electrons. The number of amides is 3. The molecule has 0 aromatic heterocycles.